The second-order valence-corrected chi connectivity index (χ2v) is 7.98. The molecule has 0 radical (unpaired) electrons. The number of pyridine rings is 1. The van der Waals surface area contributed by atoms with E-state index in [1.165, 1.54) is 11.3 Å². The second-order valence-electron chi connectivity index (χ2n) is 6.51. The Kier molecular flexibility index (Phi) is 5.72. The molecule has 0 atom stereocenters. The Bertz CT molecular complexity index is 987. The molecule has 1 aliphatic rings. The van der Waals surface area contributed by atoms with Gasteiger partial charge in [0.05, 0.1) is 22.4 Å². The number of nitrogens with zero attached hydrogens (tertiary/aromatic N) is 4. The molecule has 146 valence electrons. The van der Waals surface area contributed by atoms with E-state index in [0.717, 1.165) is 23.3 Å². The van der Waals surface area contributed by atoms with Crippen LogP contribution in [0.5, 0.6) is 0 Å². The lowest BCUT2D eigenvalue weighted by Crippen LogP contribution is -2.49. The molecule has 4 rings (SSSR count). The average Bonchev–Trinajstić information content (AvgIpc) is 3.10. The number of hydrogen-bond donors (Lipinski definition) is 2. The van der Waals surface area contributed by atoms with Crippen molar-refractivity contribution < 1.29 is 9.90 Å². The van der Waals surface area contributed by atoms with Crippen LogP contribution in [0.25, 0.3) is 10.2 Å². The minimum absolute atomic E-state index is 0.0524. The topological polar surface area (TPSA) is 81.6 Å². The number of aromatic nitrogens is 2. The third kappa shape index (κ3) is 4.10. The van der Waals surface area contributed by atoms with Crippen LogP contribution in [0.4, 0.5) is 10.9 Å². The van der Waals surface area contributed by atoms with E-state index in [1.807, 2.05) is 23.1 Å². The maximum absolute atomic E-state index is 13.0. The van der Waals surface area contributed by atoms with E-state index in [2.05, 4.69) is 20.2 Å². The van der Waals surface area contributed by atoms with Gasteiger partial charge in [0.15, 0.2) is 5.13 Å². The van der Waals surface area contributed by atoms with Crippen molar-refractivity contribution in [1.82, 2.24) is 19.8 Å². The Morgan fingerprint density at radius 2 is 2.07 bits per heavy atom. The molecular formula is C19H20ClN5O2S. The van der Waals surface area contributed by atoms with Crippen molar-refractivity contribution in [3.63, 3.8) is 0 Å². The normalized spacial score (nSPS) is 15.1. The molecule has 2 aromatic heterocycles. The largest absolute Gasteiger partial charge is 0.395 e. The van der Waals surface area contributed by atoms with E-state index in [9.17, 15) is 4.79 Å². The number of rotatable bonds is 5. The molecule has 28 heavy (non-hydrogen) atoms. The molecule has 1 saturated heterocycles. The zero-order valence-electron chi connectivity index (χ0n) is 15.1. The van der Waals surface area contributed by atoms with Crippen molar-refractivity contribution in [2.45, 2.75) is 0 Å². The first-order valence-electron chi connectivity index (χ1n) is 9.04. The van der Waals surface area contributed by atoms with Crippen LogP contribution < -0.4 is 5.32 Å². The van der Waals surface area contributed by atoms with Gasteiger partial charge in [0.25, 0.3) is 5.91 Å². The van der Waals surface area contributed by atoms with Crippen LogP contribution >= 0.6 is 22.9 Å². The fourth-order valence-corrected chi connectivity index (χ4v) is 4.23. The van der Waals surface area contributed by atoms with Crippen molar-refractivity contribution in [2.24, 2.45) is 0 Å². The van der Waals surface area contributed by atoms with E-state index in [-0.39, 0.29) is 12.5 Å². The number of thiazole rings is 1. The summed E-state index contributed by atoms with van der Waals surface area (Å²) in [7, 11) is 0. The number of benzene rings is 1. The van der Waals surface area contributed by atoms with Gasteiger partial charge in [0.1, 0.15) is 5.82 Å². The maximum Gasteiger partial charge on any atom is 0.257 e. The molecule has 1 aliphatic heterocycles. The minimum Gasteiger partial charge on any atom is -0.395 e. The summed E-state index contributed by atoms with van der Waals surface area (Å²) in [5, 5.41) is 13.6. The molecule has 3 heterocycles. The first-order valence-corrected chi connectivity index (χ1v) is 10.2. The molecule has 1 fully saturated rings. The Labute approximate surface area is 171 Å². The fourth-order valence-electron chi connectivity index (χ4n) is 3.22. The minimum atomic E-state index is -0.0524. The first-order chi connectivity index (χ1) is 13.6. The van der Waals surface area contributed by atoms with E-state index >= 15 is 0 Å². The molecule has 7 nitrogen and oxygen atoms in total. The number of amides is 1. The lowest BCUT2D eigenvalue weighted by Gasteiger charge is -2.34. The Hall–Kier alpha value is -2.26. The molecule has 3 aromatic rings. The molecule has 0 bridgehead atoms. The Balaban J connectivity index is 1.52. The van der Waals surface area contributed by atoms with Gasteiger partial charge < -0.3 is 15.3 Å². The van der Waals surface area contributed by atoms with Crippen LogP contribution in [0.2, 0.25) is 5.02 Å². The van der Waals surface area contributed by atoms with Crippen LogP contribution in [0.15, 0.2) is 36.5 Å². The van der Waals surface area contributed by atoms with Crippen molar-refractivity contribution in [3.05, 3.63) is 47.1 Å². The van der Waals surface area contributed by atoms with Crippen LogP contribution in [0.1, 0.15) is 10.4 Å². The van der Waals surface area contributed by atoms with Gasteiger partial charge in [-0.25, -0.2) is 9.97 Å². The van der Waals surface area contributed by atoms with Crippen LogP contribution in [-0.4, -0.2) is 70.1 Å². The van der Waals surface area contributed by atoms with Gasteiger partial charge >= 0.3 is 0 Å². The van der Waals surface area contributed by atoms with Crippen molar-refractivity contribution in [3.8, 4) is 0 Å². The number of nitrogens with one attached hydrogen (secondary N) is 1. The second kappa shape index (κ2) is 8.40. The van der Waals surface area contributed by atoms with Gasteiger partial charge in [-0.1, -0.05) is 22.9 Å². The highest BCUT2D eigenvalue weighted by Crippen LogP contribution is 2.30. The number of fused-ring (bicyclic) bond motifs is 1. The number of carbonyl (C=O) groups is 1. The van der Waals surface area contributed by atoms with Gasteiger partial charge in [-0.05, 0) is 30.3 Å². The number of hydrogen-bond acceptors (Lipinski definition) is 7. The van der Waals surface area contributed by atoms with E-state index in [4.69, 9.17) is 16.7 Å². The average molecular weight is 418 g/mol. The highest BCUT2D eigenvalue weighted by Gasteiger charge is 2.24. The lowest BCUT2D eigenvalue weighted by atomic mass is 10.2. The van der Waals surface area contributed by atoms with Crippen LogP contribution in [-0.2, 0) is 0 Å². The third-order valence-corrected chi connectivity index (χ3v) is 5.88. The van der Waals surface area contributed by atoms with Gasteiger partial charge in [-0.2, -0.15) is 0 Å². The summed E-state index contributed by atoms with van der Waals surface area (Å²) in [5.74, 6) is 0.443. The molecule has 0 spiro atoms. The number of carbonyl (C=O) groups excluding carboxylic acids is 1. The van der Waals surface area contributed by atoms with Crippen molar-refractivity contribution >= 4 is 50.0 Å². The van der Waals surface area contributed by atoms with E-state index < -0.39 is 0 Å². The summed E-state index contributed by atoms with van der Waals surface area (Å²) in [6.45, 7) is 3.56. The Morgan fingerprint density at radius 3 is 2.86 bits per heavy atom. The van der Waals surface area contributed by atoms with E-state index in [1.54, 1.807) is 18.3 Å². The molecule has 1 amide bonds. The van der Waals surface area contributed by atoms with Gasteiger partial charge in [0, 0.05) is 43.9 Å². The maximum atomic E-state index is 13.0. The summed E-state index contributed by atoms with van der Waals surface area (Å²) in [5.41, 5.74) is 1.33. The summed E-state index contributed by atoms with van der Waals surface area (Å²) in [6, 6.07) is 9.12. The molecular weight excluding hydrogens is 398 g/mol. The first kappa shape index (κ1) is 19.1. The third-order valence-electron chi connectivity index (χ3n) is 4.69. The zero-order valence-corrected chi connectivity index (χ0v) is 16.7. The van der Waals surface area contributed by atoms with Gasteiger partial charge in [-0.15, -0.1) is 0 Å². The van der Waals surface area contributed by atoms with Crippen molar-refractivity contribution in [1.29, 1.82) is 0 Å². The number of halogens is 1. The number of piperazine rings is 1. The predicted molar refractivity (Wildman–Crippen MR) is 112 cm³/mol. The van der Waals surface area contributed by atoms with Gasteiger partial charge in [-0.3, -0.25) is 9.69 Å². The lowest BCUT2D eigenvalue weighted by molar-refractivity contribution is 0.0615. The van der Waals surface area contributed by atoms with Crippen molar-refractivity contribution in [2.75, 3.05) is 44.6 Å². The van der Waals surface area contributed by atoms with Crippen LogP contribution in [0.3, 0.4) is 0 Å². The molecule has 1 aromatic carbocycles. The molecule has 0 unspecified atom stereocenters. The summed E-state index contributed by atoms with van der Waals surface area (Å²) in [4.78, 5) is 25.9. The van der Waals surface area contributed by atoms with Crippen LogP contribution in [0, 0.1) is 0 Å². The van der Waals surface area contributed by atoms with Gasteiger partial charge in [0.2, 0.25) is 0 Å². The Morgan fingerprint density at radius 1 is 1.25 bits per heavy atom. The smallest absolute Gasteiger partial charge is 0.257 e. The zero-order chi connectivity index (χ0) is 19.5. The number of anilines is 2. The molecule has 0 saturated carbocycles. The number of β-amino-alcohol motifs (C(OH)–C–C–N with tert-alkyl or cyclic N) is 1. The summed E-state index contributed by atoms with van der Waals surface area (Å²) in [6.07, 6.45) is 1.66. The van der Waals surface area contributed by atoms with E-state index in [0.29, 0.717) is 41.2 Å². The fraction of sp³-hybridized carbons (Fsp3) is 0.316. The quantitative estimate of drug-likeness (QED) is 0.664. The molecule has 9 heteroatoms. The molecule has 2 N–H and O–H groups in total. The summed E-state index contributed by atoms with van der Waals surface area (Å²) < 4.78 is 1.01. The molecule has 0 aliphatic carbocycles. The highest BCUT2D eigenvalue weighted by atomic mass is 35.5. The standard InChI is InChI=1S/C19H20ClN5O2S/c20-13-3-4-16-15(12-13)22-19(28-16)23-17-14(2-1-5-21-17)18(27)25-8-6-24(7-9-25)10-11-26/h1-5,12,26H,6-11H2,(H,21,22,23). The summed E-state index contributed by atoms with van der Waals surface area (Å²) >= 11 is 7.52. The SMILES string of the molecule is O=C(c1cccnc1Nc1nc2cc(Cl)ccc2s1)N1CCN(CCO)CC1. The number of aliphatic hydroxyl groups is 1. The predicted octanol–water partition coefficient (Wildman–Crippen LogP) is 2.84. The monoisotopic (exact) mass is 417 g/mol. The number of aliphatic hydroxyl groups excluding tert-OH is 1. The highest BCUT2D eigenvalue weighted by molar-refractivity contribution is 7.22.